The van der Waals surface area contributed by atoms with Crippen molar-refractivity contribution in [2.45, 2.75) is 19.8 Å². The molecule has 54 valence electrons. The Kier molecular flexibility index (Phi) is 1.95. The van der Waals surface area contributed by atoms with E-state index in [0.29, 0.717) is 0 Å². The van der Waals surface area contributed by atoms with Crippen LogP contribution < -0.4 is 0 Å². The second-order valence-electron chi connectivity index (χ2n) is 2.53. The summed E-state index contributed by atoms with van der Waals surface area (Å²) in [6, 6.07) is 0. The van der Waals surface area contributed by atoms with Gasteiger partial charge in [0.05, 0.1) is 0 Å². The Labute approximate surface area is 61.4 Å². The van der Waals surface area contributed by atoms with E-state index in [9.17, 15) is 0 Å². The minimum Gasteiger partial charge on any atom is -0.508 e. The van der Waals surface area contributed by atoms with Gasteiger partial charge >= 0.3 is 0 Å². The highest BCUT2D eigenvalue weighted by atomic mass is 16.3. The molecule has 0 radical (unpaired) electrons. The second kappa shape index (κ2) is 2.74. The molecule has 1 N–H and O–H groups in total. The highest BCUT2D eigenvalue weighted by molar-refractivity contribution is 5.42. The molecular formula is C9H12O. The summed E-state index contributed by atoms with van der Waals surface area (Å²) in [5.74, 6) is 0.188. The van der Waals surface area contributed by atoms with Crippen LogP contribution in [0.2, 0.25) is 0 Å². The van der Waals surface area contributed by atoms with Gasteiger partial charge in [-0.15, -0.1) is 0 Å². The predicted octanol–water partition coefficient (Wildman–Crippen LogP) is 2.72. The molecule has 0 amide bonds. The summed E-state index contributed by atoms with van der Waals surface area (Å²) in [5.41, 5.74) is 2.05. The van der Waals surface area contributed by atoms with E-state index >= 15 is 0 Å². The fourth-order valence-electron chi connectivity index (χ4n) is 1.14. The van der Waals surface area contributed by atoms with E-state index in [2.05, 4.69) is 12.7 Å². The van der Waals surface area contributed by atoms with Crippen molar-refractivity contribution in [3.05, 3.63) is 35.6 Å². The summed E-state index contributed by atoms with van der Waals surface area (Å²) in [5, 5.41) is 9.04. The van der Waals surface area contributed by atoms with Crippen LogP contribution in [0, 0.1) is 0 Å². The summed E-state index contributed by atoms with van der Waals surface area (Å²) in [6.07, 6.45) is 6.25. The van der Waals surface area contributed by atoms with Crippen LogP contribution in [0.1, 0.15) is 19.8 Å². The van der Waals surface area contributed by atoms with Gasteiger partial charge in [-0.1, -0.05) is 18.7 Å². The predicted molar refractivity (Wildman–Crippen MR) is 42.8 cm³/mol. The highest BCUT2D eigenvalue weighted by Crippen LogP contribution is 2.21. The van der Waals surface area contributed by atoms with E-state index in [-0.39, 0.29) is 5.76 Å². The number of aliphatic hydroxyl groups is 1. The molecule has 0 aromatic carbocycles. The SMILES string of the molecule is C=C(O)C1=CCCC=C1C. The minimum absolute atomic E-state index is 0.188. The zero-order valence-electron chi connectivity index (χ0n) is 6.22. The van der Waals surface area contributed by atoms with Gasteiger partial charge in [0.15, 0.2) is 0 Å². The number of aliphatic hydroxyl groups excluding tert-OH is 1. The summed E-state index contributed by atoms with van der Waals surface area (Å²) >= 11 is 0. The van der Waals surface area contributed by atoms with Crippen molar-refractivity contribution in [3.63, 3.8) is 0 Å². The lowest BCUT2D eigenvalue weighted by atomic mass is 9.98. The second-order valence-corrected chi connectivity index (χ2v) is 2.53. The zero-order valence-corrected chi connectivity index (χ0v) is 6.22. The Hall–Kier alpha value is -0.980. The first-order valence-corrected chi connectivity index (χ1v) is 3.47. The van der Waals surface area contributed by atoms with Crippen LogP contribution in [0.5, 0.6) is 0 Å². The molecule has 0 spiro atoms. The Bertz CT molecular complexity index is 209. The molecule has 0 saturated heterocycles. The maximum atomic E-state index is 9.04. The van der Waals surface area contributed by atoms with Gasteiger partial charge in [0.2, 0.25) is 0 Å². The first kappa shape index (κ1) is 7.13. The quantitative estimate of drug-likeness (QED) is 0.549. The fourth-order valence-corrected chi connectivity index (χ4v) is 1.14. The lowest BCUT2D eigenvalue weighted by Crippen LogP contribution is -1.93. The summed E-state index contributed by atoms with van der Waals surface area (Å²) in [4.78, 5) is 0. The van der Waals surface area contributed by atoms with Crippen molar-refractivity contribution in [1.29, 1.82) is 0 Å². The van der Waals surface area contributed by atoms with Crippen molar-refractivity contribution in [2.24, 2.45) is 0 Å². The summed E-state index contributed by atoms with van der Waals surface area (Å²) < 4.78 is 0. The van der Waals surface area contributed by atoms with Crippen molar-refractivity contribution >= 4 is 0 Å². The van der Waals surface area contributed by atoms with Gasteiger partial charge in [-0.3, -0.25) is 0 Å². The molecule has 0 aromatic rings. The van der Waals surface area contributed by atoms with E-state index in [0.717, 1.165) is 24.0 Å². The molecule has 0 heterocycles. The molecule has 1 nitrogen and oxygen atoms in total. The standard InChI is InChI=1S/C9H12O/c1-7-5-3-4-6-9(7)8(2)10/h5-6,10H,2-4H2,1H3. The van der Waals surface area contributed by atoms with E-state index in [1.54, 1.807) is 0 Å². The van der Waals surface area contributed by atoms with Gasteiger partial charge in [0.25, 0.3) is 0 Å². The summed E-state index contributed by atoms with van der Waals surface area (Å²) in [6.45, 7) is 5.47. The maximum Gasteiger partial charge on any atom is 0.115 e. The minimum atomic E-state index is 0.188. The third-order valence-corrected chi connectivity index (χ3v) is 1.70. The molecule has 0 aliphatic heterocycles. The largest absolute Gasteiger partial charge is 0.508 e. The molecular weight excluding hydrogens is 124 g/mol. The average molecular weight is 136 g/mol. The molecule has 0 unspecified atom stereocenters. The van der Waals surface area contributed by atoms with E-state index < -0.39 is 0 Å². The van der Waals surface area contributed by atoms with Crippen LogP contribution >= 0.6 is 0 Å². The third kappa shape index (κ3) is 1.29. The molecule has 0 saturated carbocycles. The highest BCUT2D eigenvalue weighted by Gasteiger charge is 2.05. The Morgan fingerprint density at radius 3 is 2.50 bits per heavy atom. The van der Waals surface area contributed by atoms with Crippen molar-refractivity contribution < 1.29 is 5.11 Å². The van der Waals surface area contributed by atoms with Crippen LogP contribution in [-0.2, 0) is 0 Å². The molecule has 0 fully saturated rings. The van der Waals surface area contributed by atoms with Crippen LogP contribution in [0.25, 0.3) is 0 Å². The van der Waals surface area contributed by atoms with Gasteiger partial charge in [-0.05, 0) is 25.3 Å². The van der Waals surface area contributed by atoms with Gasteiger partial charge in [0, 0.05) is 5.57 Å². The zero-order chi connectivity index (χ0) is 7.56. The van der Waals surface area contributed by atoms with E-state index in [1.165, 1.54) is 0 Å². The Morgan fingerprint density at radius 1 is 1.50 bits per heavy atom. The molecule has 1 aliphatic rings. The number of rotatable bonds is 1. The topological polar surface area (TPSA) is 20.2 Å². The number of hydrogen-bond donors (Lipinski definition) is 1. The summed E-state index contributed by atoms with van der Waals surface area (Å²) in [7, 11) is 0. The van der Waals surface area contributed by atoms with Crippen LogP contribution in [0.3, 0.4) is 0 Å². The van der Waals surface area contributed by atoms with Crippen molar-refractivity contribution in [3.8, 4) is 0 Å². The van der Waals surface area contributed by atoms with E-state index in [4.69, 9.17) is 5.11 Å². The van der Waals surface area contributed by atoms with Gasteiger partial charge < -0.3 is 5.11 Å². The first-order valence-electron chi connectivity index (χ1n) is 3.47. The molecule has 0 bridgehead atoms. The van der Waals surface area contributed by atoms with Crippen molar-refractivity contribution in [2.75, 3.05) is 0 Å². The fraction of sp³-hybridized carbons (Fsp3) is 0.333. The molecule has 0 atom stereocenters. The van der Waals surface area contributed by atoms with Gasteiger partial charge in [0.1, 0.15) is 5.76 Å². The van der Waals surface area contributed by atoms with E-state index in [1.807, 2.05) is 13.0 Å². The van der Waals surface area contributed by atoms with Gasteiger partial charge in [-0.2, -0.15) is 0 Å². The lowest BCUT2D eigenvalue weighted by Gasteiger charge is -2.10. The van der Waals surface area contributed by atoms with Gasteiger partial charge in [-0.25, -0.2) is 0 Å². The molecule has 1 heteroatoms. The van der Waals surface area contributed by atoms with Crippen LogP contribution in [0.4, 0.5) is 0 Å². The lowest BCUT2D eigenvalue weighted by molar-refractivity contribution is 0.427. The Morgan fingerprint density at radius 2 is 2.10 bits per heavy atom. The monoisotopic (exact) mass is 136 g/mol. The third-order valence-electron chi connectivity index (χ3n) is 1.70. The molecule has 1 aliphatic carbocycles. The average Bonchev–Trinajstić information content (AvgIpc) is 1.88. The van der Waals surface area contributed by atoms with Crippen LogP contribution in [-0.4, -0.2) is 5.11 Å². The number of hydrogen-bond acceptors (Lipinski definition) is 1. The normalized spacial score (nSPS) is 17.7. The number of allylic oxidation sites excluding steroid dienone is 3. The maximum absolute atomic E-state index is 9.04. The van der Waals surface area contributed by atoms with Crippen molar-refractivity contribution in [1.82, 2.24) is 0 Å². The molecule has 1 rings (SSSR count). The van der Waals surface area contributed by atoms with Crippen LogP contribution in [0.15, 0.2) is 35.6 Å². The molecule has 0 aromatic heterocycles. The smallest absolute Gasteiger partial charge is 0.115 e. The Balaban J connectivity index is 2.84. The first-order chi connectivity index (χ1) is 4.72. The molecule has 10 heavy (non-hydrogen) atoms.